The normalized spacial score (nSPS) is 18.3. The fourth-order valence-corrected chi connectivity index (χ4v) is 4.67. The van der Waals surface area contributed by atoms with Gasteiger partial charge in [-0.05, 0) is 46.5 Å². The van der Waals surface area contributed by atoms with Gasteiger partial charge in [-0.1, -0.05) is 45.0 Å². The van der Waals surface area contributed by atoms with Gasteiger partial charge in [-0.3, -0.25) is 14.9 Å². The number of nitro benzene ring substituents is 1. The molecule has 2 aliphatic rings. The molecule has 32 heavy (non-hydrogen) atoms. The van der Waals surface area contributed by atoms with E-state index in [0.717, 1.165) is 42.6 Å². The van der Waals surface area contributed by atoms with E-state index in [9.17, 15) is 14.9 Å². The first kappa shape index (κ1) is 22.1. The molecule has 8 heteroatoms. The molecule has 0 bridgehead atoms. The van der Waals surface area contributed by atoms with Crippen LogP contribution in [0.1, 0.15) is 31.9 Å². The van der Waals surface area contributed by atoms with Crippen LogP contribution in [-0.2, 0) is 10.2 Å². The Kier molecular flexibility index (Phi) is 6.06. The summed E-state index contributed by atoms with van der Waals surface area (Å²) in [6, 6.07) is 14.9. The Labute approximate surface area is 192 Å². The maximum Gasteiger partial charge on any atom is 0.286 e. The van der Waals surface area contributed by atoms with Gasteiger partial charge in [-0.15, -0.1) is 0 Å². The highest BCUT2D eigenvalue weighted by atomic mass is 32.2. The van der Waals surface area contributed by atoms with E-state index in [1.54, 1.807) is 12.1 Å². The SMILES string of the molecule is CC(C)(C)c1ccc(/C=C2/SC(N3CCN(c4ccc([N+](=O)[O-])cc4)CC3)=NC2=O)cc1. The molecule has 0 radical (unpaired) electrons. The molecule has 0 unspecified atom stereocenters. The molecule has 0 N–H and O–H groups in total. The van der Waals surface area contributed by atoms with Crippen molar-refractivity contribution >= 4 is 40.3 Å². The number of carbonyl (C=O) groups excluding carboxylic acids is 1. The van der Waals surface area contributed by atoms with Crippen molar-refractivity contribution < 1.29 is 9.72 Å². The van der Waals surface area contributed by atoms with Crippen LogP contribution in [0.4, 0.5) is 11.4 Å². The Bertz CT molecular complexity index is 1080. The number of rotatable bonds is 3. The number of amides is 1. The Morgan fingerprint density at radius 3 is 2.12 bits per heavy atom. The van der Waals surface area contributed by atoms with E-state index in [2.05, 4.69) is 47.7 Å². The average molecular weight is 451 g/mol. The maximum atomic E-state index is 12.5. The highest BCUT2D eigenvalue weighted by Gasteiger charge is 2.28. The highest BCUT2D eigenvalue weighted by molar-refractivity contribution is 8.18. The zero-order chi connectivity index (χ0) is 22.9. The zero-order valence-corrected chi connectivity index (χ0v) is 19.3. The van der Waals surface area contributed by atoms with E-state index in [4.69, 9.17) is 0 Å². The lowest BCUT2D eigenvalue weighted by atomic mass is 9.87. The van der Waals surface area contributed by atoms with Gasteiger partial charge in [-0.25, -0.2) is 0 Å². The van der Waals surface area contributed by atoms with Gasteiger partial charge in [0.25, 0.3) is 11.6 Å². The minimum absolute atomic E-state index is 0.0926. The second-order valence-electron chi connectivity index (χ2n) is 8.93. The quantitative estimate of drug-likeness (QED) is 0.384. The number of non-ortho nitro benzene ring substituents is 1. The van der Waals surface area contributed by atoms with Gasteiger partial charge in [0.1, 0.15) is 0 Å². The van der Waals surface area contributed by atoms with Crippen LogP contribution in [0.15, 0.2) is 58.4 Å². The molecule has 2 heterocycles. The van der Waals surface area contributed by atoms with Crippen LogP contribution in [0.2, 0.25) is 0 Å². The second-order valence-corrected chi connectivity index (χ2v) is 9.94. The number of piperazine rings is 1. The Hall–Kier alpha value is -3.13. The largest absolute Gasteiger partial charge is 0.368 e. The van der Waals surface area contributed by atoms with E-state index in [1.165, 1.54) is 29.5 Å². The highest BCUT2D eigenvalue weighted by Crippen LogP contribution is 2.32. The molecule has 0 saturated carbocycles. The first-order valence-electron chi connectivity index (χ1n) is 10.6. The molecule has 2 aromatic carbocycles. The summed E-state index contributed by atoms with van der Waals surface area (Å²) in [5.41, 5.74) is 3.40. The van der Waals surface area contributed by atoms with E-state index in [-0.39, 0.29) is 17.0 Å². The summed E-state index contributed by atoms with van der Waals surface area (Å²) in [6.45, 7) is 9.54. The topological polar surface area (TPSA) is 79.1 Å². The van der Waals surface area contributed by atoms with Gasteiger partial charge in [0.05, 0.1) is 9.83 Å². The monoisotopic (exact) mass is 450 g/mol. The van der Waals surface area contributed by atoms with E-state index in [0.29, 0.717) is 4.91 Å². The number of amidine groups is 1. The van der Waals surface area contributed by atoms with Crippen LogP contribution in [0, 0.1) is 10.1 Å². The number of nitro groups is 1. The summed E-state index contributed by atoms with van der Waals surface area (Å²) < 4.78 is 0. The molecule has 1 saturated heterocycles. The molecule has 1 fully saturated rings. The van der Waals surface area contributed by atoms with Crippen molar-refractivity contribution in [2.45, 2.75) is 26.2 Å². The smallest absolute Gasteiger partial charge is 0.286 e. The summed E-state index contributed by atoms with van der Waals surface area (Å²) in [5.74, 6) is -0.192. The Morgan fingerprint density at radius 1 is 0.969 bits per heavy atom. The van der Waals surface area contributed by atoms with Crippen molar-refractivity contribution in [1.82, 2.24) is 4.90 Å². The van der Waals surface area contributed by atoms with Crippen molar-refractivity contribution in [3.63, 3.8) is 0 Å². The molecule has 1 amide bonds. The molecule has 166 valence electrons. The standard InChI is InChI=1S/C24H26N4O3S/c1-24(2,3)18-6-4-17(5-7-18)16-21-22(29)25-23(32-21)27-14-12-26(13-15-27)19-8-10-20(11-9-19)28(30)31/h4-11,16H,12-15H2,1-3H3/b21-16+. The number of benzene rings is 2. The van der Waals surface area contributed by atoms with E-state index >= 15 is 0 Å². The van der Waals surface area contributed by atoms with Crippen LogP contribution in [0.3, 0.4) is 0 Å². The van der Waals surface area contributed by atoms with Gasteiger partial charge >= 0.3 is 0 Å². The second kappa shape index (κ2) is 8.78. The summed E-state index contributed by atoms with van der Waals surface area (Å²) in [7, 11) is 0. The fourth-order valence-electron chi connectivity index (χ4n) is 3.71. The summed E-state index contributed by atoms with van der Waals surface area (Å²) in [4.78, 5) is 32.2. The predicted octanol–water partition coefficient (Wildman–Crippen LogP) is 4.68. The third-order valence-corrected chi connectivity index (χ3v) is 6.70. The lowest BCUT2D eigenvalue weighted by Gasteiger charge is -2.36. The van der Waals surface area contributed by atoms with Crippen LogP contribution in [-0.4, -0.2) is 47.1 Å². The van der Waals surface area contributed by atoms with E-state index < -0.39 is 4.92 Å². The van der Waals surface area contributed by atoms with Crippen molar-refractivity contribution in [2.24, 2.45) is 4.99 Å². The molecular formula is C24H26N4O3S. The molecule has 2 aromatic rings. The van der Waals surface area contributed by atoms with Gasteiger partial charge in [0.2, 0.25) is 0 Å². The lowest BCUT2D eigenvalue weighted by Crippen LogP contribution is -2.47. The van der Waals surface area contributed by atoms with E-state index in [1.807, 2.05) is 18.2 Å². The third-order valence-electron chi connectivity index (χ3n) is 5.66. The van der Waals surface area contributed by atoms with Crippen LogP contribution < -0.4 is 4.90 Å². The minimum atomic E-state index is -0.391. The van der Waals surface area contributed by atoms with Crippen molar-refractivity contribution in [3.05, 3.63) is 74.7 Å². The maximum absolute atomic E-state index is 12.5. The first-order valence-corrected chi connectivity index (χ1v) is 11.4. The number of hydrogen-bond donors (Lipinski definition) is 0. The van der Waals surface area contributed by atoms with Crippen LogP contribution >= 0.6 is 11.8 Å². The van der Waals surface area contributed by atoms with Crippen molar-refractivity contribution in [3.8, 4) is 0 Å². The molecule has 0 aromatic heterocycles. The Balaban J connectivity index is 1.37. The molecule has 4 rings (SSSR count). The number of nitrogens with zero attached hydrogens (tertiary/aromatic N) is 4. The third kappa shape index (κ3) is 4.85. The van der Waals surface area contributed by atoms with Crippen molar-refractivity contribution in [1.29, 1.82) is 0 Å². The van der Waals surface area contributed by atoms with Crippen LogP contribution in [0.5, 0.6) is 0 Å². The van der Waals surface area contributed by atoms with Gasteiger partial charge in [0, 0.05) is 44.0 Å². The number of carbonyl (C=O) groups is 1. The van der Waals surface area contributed by atoms with Crippen molar-refractivity contribution in [2.75, 3.05) is 31.1 Å². The number of thioether (sulfide) groups is 1. The number of aliphatic imine (C=N–C) groups is 1. The zero-order valence-electron chi connectivity index (χ0n) is 18.4. The van der Waals surface area contributed by atoms with Gasteiger partial charge in [0.15, 0.2) is 5.17 Å². The van der Waals surface area contributed by atoms with Crippen LogP contribution in [0.25, 0.3) is 6.08 Å². The molecule has 0 aliphatic carbocycles. The molecule has 2 aliphatic heterocycles. The van der Waals surface area contributed by atoms with Gasteiger partial charge < -0.3 is 9.80 Å². The minimum Gasteiger partial charge on any atom is -0.368 e. The summed E-state index contributed by atoms with van der Waals surface area (Å²) >= 11 is 1.43. The number of anilines is 1. The number of hydrogen-bond acceptors (Lipinski definition) is 6. The average Bonchev–Trinajstić information content (AvgIpc) is 3.14. The first-order chi connectivity index (χ1) is 15.2. The molecular weight excluding hydrogens is 424 g/mol. The summed E-state index contributed by atoms with van der Waals surface area (Å²) in [6.07, 6.45) is 1.91. The van der Waals surface area contributed by atoms with Gasteiger partial charge in [-0.2, -0.15) is 4.99 Å². The summed E-state index contributed by atoms with van der Waals surface area (Å²) in [5, 5.41) is 11.6. The molecule has 0 spiro atoms. The lowest BCUT2D eigenvalue weighted by molar-refractivity contribution is -0.384. The molecule has 7 nitrogen and oxygen atoms in total. The molecule has 0 atom stereocenters. The predicted molar refractivity (Wildman–Crippen MR) is 130 cm³/mol. The Morgan fingerprint density at radius 2 is 1.56 bits per heavy atom. The fraction of sp³-hybridized carbons (Fsp3) is 0.333.